The molecule has 2 aliphatic rings. The normalized spacial score (nSPS) is 19.6. The lowest BCUT2D eigenvalue weighted by atomic mass is 9.82. The van der Waals surface area contributed by atoms with Crippen molar-refractivity contribution in [3.63, 3.8) is 0 Å². The number of amides is 1. The van der Waals surface area contributed by atoms with Crippen LogP contribution in [0.1, 0.15) is 22.3 Å². The molecule has 2 saturated heterocycles. The molecule has 0 spiro atoms. The topological polar surface area (TPSA) is 67.2 Å². The van der Waals surface area contributed by atoms with Crippen molar-refractivity contribution in [2.75, 3.05) is 24.5 Å². The SMILES string of the molecule is Cc1ccc(-n2nccn2)c(C(=O)N2CC[C@H]3CN(c4ncc(-c5cccc(F)c5)s4)[C@H]3C2)c1. The minimum Gasteiger partial charge on any atom is -0.343 e. The lowest BCUT2D eigenvalue weighted by Gasteiger charge is -2.53. The van der Waals surface area contributed by atoms with E-state index in [1.807, 2.05) is 42.3 Å². The minimum absolute atomic E-state index is 0.000823. The Labute approximate surface area is 200 Å². The average Bonchev–Trinajstić information content (AvgIpc) is 3.52. The lowest BCUT2D eigenvalue weighted by Crippen LogP contribution is -2.65. The first-order valence-corrected chi connectivity index (χ1v) is 12.1. The van der Waals surface area contributed by atoms with Crippen LogP contribution in [0.15, 0.2) is 61.1 Å². The van der Waals surface area contributed by atoms with E-state index < -0.39 is 0 Å². The first kappa shape index (κ1) is 21.0. The third-order valence-corrected chi connectivity index (χ3v) is 7.79. The summed E-state index contributed by atoms with van der Waals surface area (Å²) in [6, 6.07) is 12.6. The molecule has 4 heterocycles. The van der Waals surface area contributed by atoms with Gasteiger partial charge in [-0.3, -0.25) is 4.79 Å². The number of aromatic nitrogens is 4. The second kappa shape index (κ2) is 8.32. The highest BCUT2D eigenvalue weighted by atomic mass is 32.1. The number of rotatable bonds is 4. The Bertz CT molecular complexity index is 1350. The molecule has 34 heavy (non-hydrogen) atoms. The fourth-order valence-corrected chi connectivity index (χ4v) is 5.86. The van der Waals surface area contributed by atoms with Gasteiger partial charge in [0, 0.05) is 31.7 Å². The zero-order valence-corrected chi connectivity index (χ0v) is 19.5. The summed E-state index contributed by atoms with van der Waals surface area (Å²) in [4.78, 5) is 24.9. The summed E-state index contributed by atoms with van der Waals surface area (Å²) in [5, 5.41) is 9.37. The van der Waals surface area contributed by atoms with Crippen LogP contribution in [0.5, 0.6) is 0 Å². The largest absolute Gasteiger partial charge is 0.343 e. The van der Waals surface area contributed by atoms with E-state index in [0.29, 0.717) is 23.7 Å². The minimum atomic E-state index is -0.251. The zero-order chi connectivity index (χ0) is 23.2. The molecule has 2 aromatic carbocycles. The third-order valence-electron chi connectivity index (χ3n) is 6.71. The first-order valence-electron chi connectivity index (χ1n) is 11.3. The molecule has 0 unspecified atom stereocenters. The number of hydrogen-bond donors (Lipinski definition) is 0. The predicted octanol–water partition coefficient (Wildman–Crippen LogP) is 4.19. The Morgan fingerprint density at radius 2 is 1.97 bits per heavy atom. The number of anilines is 1. The number of fused-ring (bicyclic) bond motifs is 1. The summed E-state index contributed by atoms with van der Waals surface area (Å²) in [5.74, 6) is 0.301. The van der Waals surface area contributed by atoms with E-state index in [1.54, 1.807) is 29.8 Å². The molecule has 2 fully saturated rings. The van der Waals surface area contributed by atoms with Gasteiger partial charge in [-0.1, -0.05) is 35.1 Å². The Balaban J connectivity index is 1.22. The number of thiazole rings is 1. The highest BCUT2D eigenvalue weighted by Crippen LogP contribution is 2.40. The number of benzene rings is 2. The first-order chi connectivity index (χ1) is 16.6. The molecule has 2 aliphatic heterocycles. The zero-order valence-electron chi connectivity index (χ0n) is 18.6. The Kier molecular flexibility index (Phi) is 5.13. The summed E-state index contributed by atoms with van der Waals surface area (Å²) >= 11 is 1.57. The van der Waals surface area contributed by atoms with Crippen molar-refractivity contribution < 1.29 is 9.18 Å². The van der Waals surface area contributed by atoms with Crippen LogP contribution >= 0.6 is 11.3 Å². The van der Waals surface area contributed by atoms with E-state index in [2.05, 4.69) is 20.1 Å². The monoisotopic (exact) mass is 474 g/mol. The molecule has 0 N–H and O–H groups in total. The van der Waals surface area contributed by atoms with Crippen LogP contribution in [0.2, 0.25) is 0 Å². The third kappa shape index (κ3) is 3.66. The number of likely N-dealkylation sites (tertiary alicyclic amines) is 1. The van der Waals surface area contributed by atoms with Gasteiger partial charge in [-0.05, 0) is 43.2 Å². The summed E-state index contributed by atoms with van der Waals surface area (Å²) < 4.78 is 13.6. The van der Waals surface area contributed by atoms with Gasteiger partial charge in [0.15, 0.2) is 5.13 Å². The number of nitrogens with zero attached hydrogens (tertiary/aromatic N) is 6. The summed E-state index contributed by atoms with van der Waals surface area (Å²) in [7, 11) is 0. The van der Waals surface area contributed by atoms with E-state index in [-0.39, 0.29) is 17.8 Å². The van der Waals surface area contributed by atoms with Crippen LogP contribution < -0.4 is 4.90 Å². The van der Waals surface area contributed by atoms with E-state index in [0.717, 1.165) is 40.6 Å². The maximum atomic E-state index is 13.6. The van der Waals surface area contributed by atoms with Crippen LogP contribution in [-0.4, -0.2) is 56.5 Å². The van der Waals surface area contributed by atoms with E-state index in [9.17, 15) is 9.18 Å². The van der Waals surface area contributed by atoms with Crippen molar-refractivity contribution in [3.05, 3.63) is 78.0 Å². The average molecular weight is 475 g/mol. The van der Waals surface area contributed by atoms with Gasteiger partial charge in [0.1, 0.15) is 5.82 Å². The molecule has 172 valence electrons. The molecule has 0 aliphatic carbocycles. The van der Waals surface area contributed by atoms with Crippen LogP contribution in [0.4, 0.5) is 9.52 Å². The molecular weight excluding hydrogens is 451 g/mol. The van der Waals surface area contributed by atoms with Gasteiger partial charge < -0.3 is 9.80 Å². The molecule has 7 nitrogen and oxygen atoms in total. The molecule has 4 aromatic rings. The Hall–Kier alpha value is -3.59. The Morgan fingerprint density at radius 1 is 1.12 bits per heavy atom. The molecule has 2 aromatic heterocycles. The standard InChI is InChI=1S/C25H23FN6OS/c1-16-5-6-21(32-28-8-9-29-32)20(11-16)24(33)30-10-7-18-14-31(22(18)15-30)25-27-13-23(34-25)17-3-2-4-19(26)12-17/h2-6,8-9,11-13,18,22H,7,10,14-15H2,1H3/t18-,22-/m0/s1. The van der Waals surface area contributed by atoms with Gasteiger partial charge in [-0.25, -0.2) is 9.37 Å². The van der Waals surface area contributed by atoms with Crippen molar-refractivity contribution >= 4 is 22.4 Å². The van der Waals surface area contributed by atoms with Crippen molar-refractivity contribution in [2.24, 2.45) is 5.92 Å². The number of aryl methyl sites for hydroxylation is 1. The fraction of sp³-hybridized carbons (Fsp3) is 0.280. The number of hydrogen-bond acceptors (Lipinski definition) is 6. The van der Waals surface area contributed by atoms with Gasteiger partial charge >= 0.3 is 0 Å². The molecule has 0 bridgehead atoms. The van der Waals surface area contributed by atoms with Crippen molar-refractivity contribution in [1.29, 1.82) is 0 Å². The van der Waals surface area contributed by atoms with Crippen LogP contribution in [-0.2, 0) is 0 Å². The van der Waals surface area contributed by atoms with Crippen molar-refractivity contribution in [2.45, 2.75) is 19.4 Å². The summed E-state index contributed by atoms with van der Waals surface area (Å²) in [6.45, 7) is 4.31. The lowest BCUT2D eigenvalue weighted by molar-refractivity contribution is 0.0592. The molecule has 6 rings (SSSR count). The second-order valence-corrected chi connectivity index (χ2v) is 9.89. The van der Waals surface area contributed by atoms with Crippen LogP contribution in [0.25, 0.3) is 16.1 Å². The molecule has 1 amide bonds. The number of halogens is 1. The van der Waals surface area contributed by atoms with E-state index in [4.69, 9.17) is 0 Å². The molecule has 2 atom stereocenters. The smallest absolute Gasteiger partial charge is 0.256 e. The maximum absolute atomic E-state index is 13.6. The molecular formula is C25H23FN6OS. The molecule has 9 heteroatoms. The van der Waals surface area contributed by atoms with Gasteiger partial charge in [0.05, 0.1) is 34.6 Å². The van der Waals surface area contributed by atoms with Crippen molar-refractivity contribution in [1.82, 2.24) is 24.9 Å². The van der Waals surface area contributed by atoms with E-state index >= 15 is 0 Å². The van der Waals surface area contributed by atoms with Gasteiger partial charge in [0.2, 0.25) is 0 Å². The summed E-state index contributed by atoms with van der Waals surface area (Å²) in [6.07, 6.45) is 6.00. The number of carbonyl (C=O) groups is 1. The van der Waals surface area contributed by atoms with E-state index in [1.165, 1.54) is 16.9 Å². The van der Waals surface area contributed by atoms with Crippen molar-refractivity contribution in [3.8, 4) is 16.1 Å². The molecule has 0 saturated carbocycles. The second-order valence-electron chi connectivity index (χ2n) is 8.88. The number of carbonyl (C=O) groups excluding carboxylic acids is 1. The van der Waals surface area contributed by atoms with Gasteiger partial charge in [-0.15, -0.1) is 0 Å². The highest BCUT2D eigenvalue weighted by Gasteiger charge is 2.45. The number of piperidine rings is 1. The quantitative estimate of drug-likeness (QED) is 0.444. The van der Waals surface area contributed by atoms with Gasteiger partial charge in [0.25, 0.3) is 5.91 Å². The summed E-state index contributed by atoms with van der Waals surface area (Å²) in [5.41, 5.74) is 3.16. The predicted molar refractivity (Wildman–Crippen MR) is 129 cm³/mol. The van der Waals surface area contributed by atoms with Crippen LogP contribution in [0, 0.1) is 18.7 Å². The maximum Gasteiger partial charge on any atom is 0.256 e. The highest BCUT2D eigenvalue weighted by molar-refractivity contribution is 7.18. The Morgan fingerprint density at radius 3 is 2.79 bits per heavy atom. The van der Waals surface area contributed by atoms with Gasteiger partial charge in [-0.2, -0.15) is 15.0 Å². The van der Waals surface area contributed by atoms with Crippen LogP contribution in [0.3, 0.4) is 0 Å². The molecule has 0 radical (unpaired) electrons. The fourth-order valence-electron chi connectivity index (χ4n) is 4.88.